The number of aromatic nitrogens is 1. The smallest absolute Gasteiger partial charge is 0.224 e. The summed E-state index contributed by atoms with van der Waals surface area (Å²) in [6, 6.07) is 16.9. The fourth-order valence-corrected chi connectivity index (χ4v) is 4.37. The Balaban J connectivity index is 1.34. The highest BCUT2D eigenvalue weighted by atomic mass is 16.5. The summed E-state index contributed by atoms with van der Waals surface area (Å²) in [5.41, 5.74) is 3.69. The maximum absolute atomic E-state index is 12.7. The van der Waals surface area contributed by atoms with E-state index in [1.165, 1.54) is 16.5 Å². The average molecular weight is 406 g/mol. The Kier molecular flexibility index (Phi) is 6.38. The number of nitrogens with one attached hydrogen (secondary N) is 1. The number of ether oxygens (including phenoxy) is 1. The molecule has 1 fully saturated rings. The van der Waals surface area contributed by atoms with Crippen molar-refractivity contribution >= 4 is 16.8 Å². The van der Waals surface area contributed by atoms with Gasteiger partial charge in [-0.15, -0.1) is 0 Å². The van der Waals surface area contributed by atoms with E-state index in [1.54, 1.807) is 7.11 Å². The molecule has 5 nitrogen and oxygen atoms in total. The highest BCUT2D eigenvalue weighted by molar-refractivity contribution is 5.83. The predicted octanol–water partition coefficient (Wildman–Crippen LogP) is 4.23. The standard InChI is InChI=1S/C25H31N3O2/c1-19(10-11-21-17-26-24-9-4-3-8-23(21)24)27-13-12-25(29)28(15-14-27)18-20-6-5-7-22(16-20)30-2/h3-9,16-17,19,26H,10-15,18H2,1-2H3/t19-/m0/s1. The predicted molar refractivity (Wildman–Crippen MR) is 121 cm³/mol. The molecule has 1 saturated heterocycles. The van der Waals surface area contributed by atoms with Crippen molar-refractivity contribution in [2.75, 3.05) is 26.7 Å². The number of rotatable bonds is 7. The van der Waals surface area contributed by atoms with E-state index in [9.17, 15) is 4.79 Å². The second-order valence-corrected chi connectivity index (χ2v) is 8.20. The molecule has 0 saturated carbocycles. The van der Waals surface area contributed by atoms with E-state index in [0.717, 1.165) is 43.8 Å². The van der Waals surface area contributed by atoms with Crippen molar-refractivity contribution in [3.05, 3.63) is 65.9 Å². The van der Waals surface area contributed by atoms with Gasteiger partial charge in [0, 0.05) is 55.7 Å². The maximum atomic E-state index is 12.7. The largest absolute Gasteiger partial charge is 0.497 e. The molecule has 0 aliphatic carbocycles. The molecule has 2 heterocycles. The highest BCUT2D eigenvalue weighted by Gasteiger charge is 2.24. The number of H-pyrrole nitrogens is 1. The molecule has 0 unspecified atom stereocenters. The lowest BCUT2D eigenvalue weighted by molar-refractivity contribution is -0.130. The van der Waals surface area contributed by atoms with E-state index >= 15 is 0 Å². The zero-order valence-corrected chi connectivity index (χ0v) is 17.9. The molecule has 1 aliphatic heterocycles. The zero-order valence-electron chi connectivity index (χ0n) is 17.9. The van der Waals surface area contributed by atoms with Crippen molar-refractivity contribution < 1.29 is 9.53 Å². The second kappa shape index (κ2) is 9.35. The minimum atomic E-state index is 0.240. The van der Waals surface area contributed by atoms with Crippen LogP contribution in [0.5, 0.6) is 5.75 Å². The number of aryl methyl sites for hydroxylation is 1. The first-order valence-electron chi connectivity index (χ1n) is 10.8. The van der Waals surface area contributed by atoms with Gasteiger partial charge >= 0.3 is 0 Å². The van der Waals surface area contributed by atoms with E-state index in [-0.39, 0.29) is 5.91 Å². The summed E-state index contributed by atoms with van der Waals surface area (Å²) in [6.07, 6.45) is 4.86. The van der Waals surface area contributed by atoms with Gasteiger partial charge in [-0.2, -0.15) is 0 Å². The molecule has 2 aromatic carbocycles. The van der Waals surface area contributed by atoms with Crippen molar-refractivity contribution in [2.24, 2.45) is 0 Å². The van der Waals surface area contributed by atoms with Crippen LogP contribution >= 0.6 is 0 Å². The lowest BCUT2D eigenvalue weighted by Gasteiger charge is -2.27. The molecule has 0 bridgehead atoms. The Bertz CT molecular complexity index is 997. The summed E-state index contributed by atoms with van der Waals surface area (Å²) < 4.78 is 5.31. The van der Waals surface area contributed by atoms with Crippen LogP contribution in [0.4, 0.5) is 0 Å². The average Bonchev–Trinajstić information content (AvgIpc) is 3.10. The topological polar surface area (TPSA) is 48.6 Å². The van der Waals surface area contributed by atoms with Crippen molar-refractivity contribution in [3.8, 4) is 5.75 Å². The van der Waals surface area contributed by atoms with Gasteiger partial charge in [0.15, 0.2) is 0 Å². The van der Waals surface area contributed by atoms with Crippen LogP contribution in [0.2, 0.25) is 0 Å². The van der Waals surface area contributed by atoms with Gasteiger partial charge < -0.3 is 14.6 Å². The molecule has 5 heteroatoms. The van der Waals surface area contributed by atoms with E-state index in [0.29, 0.717) is 19.0 Å². The Labute approximate surface area is 178 Å². The number of benzene rings is 2. The third kappa shape index (κ3) is 4.68. The van der Waals surface area contributed by atoms with Crippen LogP contribution < -0.4 is 4.74 Å². The number of hydrogen-bond donors (Lipinski definition) is 1. The van der Waals surface area contributed by atoms with Gasteiger partial charge in [0.25, 0.3) is 0 Å². The van der Waals surface area contributed by atoms with E-state index in [2.05, 4.69) is 53.3 Å². The number of hydrogen-bond acceptors (Lipinski definition) is 3. The molecule has 1 aromatic heterocycles. The number of para-hydroxylation sites is 1. The van der Waals surface area contributed by atoms with E-state index in [4.69, 9.17) is 4.74 Å². The van der Waals surface area contributed by atoms with Crippen molar-refractivity contribution in [3.63, 3.8) is 0 Å². The summed E-state index contributed by atoms with van der Waals surface area (Å²) in [5.74, 6) is 1.08. The van der Waals surface area contributed by atoms with E-state index < -0.39 is 0 Å². The van der Waals surface area contributed by atoms with Gasteiger partial charge in [-0.1, -0.05) is 30.3 Å². The molecular formula is C25H31N3O2. The number of methoxy groups -OCH3 is 1. The number of nitrogens with zero attached hydrogens (tertiary/aromatic N) is 2. The number of aromatic amines is 1. The van der Waals surface area contributed by atoms with Gasteiger partial charge in [0.1, 0.15) is 5.75 Å². The number of fused-ring (bicyclic) bond motifs is 1. The molecule has 158 valence electrons. The molecule has 1 atom stereocenters. The summed E-state index contributed by atoms with van der Waals surface area (Å²) >= 11 is 0. The first kappa shape index (κ1) is 20.5. The van der Waals surface area contributed by atoms with Crippen LogP contribution in [0.15, 0.2) is 54.7 Å². The maximum Gasteiger partial charge on any atom is 0.224 e. The van der Waals surface area contributed by atoms with Crippen LogP contribution in [0.1, 0.15) is 30.9 Å². The summed E-state index contributed by atoms with van der Waals surface area (Å²) in [6.45, 7) is 5.46. The monoisotopic (exact) mass is 405 g/mol. The fourth-order valence-electron chi connectivity index (χ4n) is 4.37. The number of amides is 1. The molecule has 3 aromatic rings. The normalized spacial score (nSPS) is 16.6. The van der Waals surface area contributed by atoms with Crippen LogP contribution in [0, 0.1) is 0 Å². The minimum Gasteiger partial charge on any atom is -0.497 e. The molecular weight excluding hydrogens is 374 g/mol. The zero-order chi connectivity index (χ0) is 20.9. The Morgan fingerprint density at radius 3 is 2.83 bits per heavy atom. The molecule has 1 N–H and O–H groups in total. The summed E-state index contributed by atoms with van der Waals surface area (Å²) in [7, 11) is 1.67. The quantitative estimate of drug-likeness (QED) is 0.640. The van der Waals surface area contributed by atoms with Gasteiger partial charge in [0.2, 0.25) is 5.91 Å². The summed E-state index contributed by atoms with van der Waals surface area (Å²) in [4.78, 5) is 20.5. The SMILES string of the molecule is COc1cccc(CN2CCN([C@@H](C)CCc3c[nH]c4ccccc34)CCC2=O)c1. The van der Waals surface area contributed by atoms with Crippen molar-refractivity contribution in [1.29, 1.82) is 0 Å². The molecule has 4 rings (SSSR count). The van der Waals surface area contributed by atoms with Crippen LogP contribution in [-0.4, -0.2) is 53.5 Å². The van der Waals surface area contributed by atoms with Crippen LogP contribution in [0.25, 0.3) is 10.9 Å². The van der Waals surface area contributed by atoms with Crippen LogP contribution in [-0.2, 0) is 17.8 Å². The Morgan fingerprint density at radius 2 is 1.97 bits per heavy atom. The molecule has 0 radical (unpaired) electrons. The molecule has 1 amide bonds. The lowest BCUT2D eigenvalue weighted by Crippen LogP contribution is -2.37. The van der Waals surface area contributed by atoms with Gasteiger partial charge in [-0.05, 0) is 49.1 Å². The first-order valence-corrected chi connectivity index (χ1v) is 10.8. The highest BCUT2D eigenvalue weighted by Crippen LogP contribution is 2.21. The minimum absolute atomic E-state index is 0.240. The summed E-state index contributed by atoms with van der Waals surface area (Å²) in [5, 5.41) is 1.32. The van der Waals surface area contributed by atoms with Crippen LogP contribution in [0.3, 0.4) is 0 Å². The van der Waals surface area contributed by atoms with Crippen molar-refractivity contribution in [1.82, 2.24) is 14.8 Å². The van der Waals surface area contributed by atoms with Crippen molar-refractivity contribution in [2.45, 2.75) is 38.8 Å². The molecule has 0 spiro atoms. The lowest BCUT2D eigenvalue weighted by atomic mass is 10.0. The van der Waals surface area contributed by atoms with Gasteiger partial charge in [0.05, 0.1) is 7.11 Å². The molecule has 30 heavy (non-hydrogen) atoms. The van der Waals surface area contributed by atoms with Gasteiger partial charge in [-0.3, -0.25) is 9.69 Å². The Morgan fingerprint density at radius 1 is 1.10 bits per heavy atom. The second-order valence-electron chi connectivity index (χ2n) is 8.20. The number of carbonyl (C=O) groups is 1. The third-order valence-electron chi connectivity index (χ3n) is 6.26. The van der Waals surface area contributed by atoms with E-state index in [1.807, 2.05) is 23.1 Å². The Hall–Kier alpha value is -2.79. The third-order valence-corrected chi connectivity index (χ3v) is 6.26. The number of carbonyl (C=O) groups excluding carboxylic acids is 1. The van der Waals surface area contributed by atoms with Gasteiger partial charge in [-0.25, -0.2) is 0 Å². The molecule has 1 aliphatic rings. The first-order chi connectivity index (χ1) is 14.6. The fraction of sp³-hybridized carbons (Fsp3) is 0.400.